The summed E-state index contributed by atoms with van der Waals surface area (Å²) in [4.78, 5) is 16.6. The first-order chi connectivity index (χ1) is 14.6. The van der Waals surface area contributed by atoms with Gasteiger partial charge in [0.2, 0.25) is 5.91 Å². The lowest BCUT2D eigenvalue weighted by Gasteiger charge is -2.09. The molecule has 0 spiro atoms. The standard InChI is InChI=1S/C24H22N4O2/c1-17-10-12-22(30-17)18(2)26-23(29)13-11-20-16-28(21-8-4-3-5-9-21)27-24(20)19-7-6-14-25-15-19/h3-16,18H,1-2H3,(H,26,29)/b13-11+. The van der Waals surface area contributed by atoms with Crippen LogP contribution in [0.1, 0.15) is 30.0 Å². The van der Waals surface area contributed by atoms with Gasteiger partial charge in [-0.1, -0.05) is 18.2 Å². The first-order valence-electron chi connectivity index (χ1n) is 9.70. The van der Waals surface area contributed by atoms with E-state index in [0.29, 0.717) is 0 Å². The molecule has 30 heavy (non-hydrogen) atoms. The Bertz CT molecular complexity index is 1160. The molecule has 1 amide bonds. The van der Waals surface area contributed by atoms with Gasteiger partial charge in [0, 0.05) is 35.8 Å². The summed E-state index contributed by atoms with van der Waals surface area (Å²) in [5, 5.41) is 7.64. The van der Waals surface area contributed by atoms with Gasteiger partial charge >= 0.3 is 0 Å². The Morgan fingerprint density at radius 3 is 2.67 bits per heavy atom. The second-order valence-corrected chi connectivity index (χ2v) is 6.97. The van der Waals surface area contributed by atoms with Crippen molar-refractivity contribution in [1.29, 1.82) is 0 Å². The van der Waals surface area contributed by atoms with Crippen molar-refractivity contribution in [3.05, 3.63) is 96.3 Å². The van der Waals surface area contributed by atoms with E-state index in [4.69, 9.17) is 9.52 Å². The molecule has 0 aliphatic carbocycles. The summed E-state index contributed by atoms with van der Waals surface area (Å²) in [6.45, 7) is 3.76. The molecule has 0 bridgehead atoms. The van der Waals surface area contributed by atoms with Gasteiger partial charge in [-0.2, -0.15) is 5.10 Å². The highest BCUT2D eigenvalue weighted by molar-refractivity contribution is 5.93. The monoisotopic (exact) mass is 398 g/mol. The summed E-state index contributed by atoms with van der Waals surface area (Å²) in [7, 11) is 0. The number of nitrogens with one attached hydrogen (secondary N) is 1. The van der Waals surface area contributed by atoms with Crippen molar-refractivity contribution in [2.45, 2.75) is 19.9 Å². The Kier molecular flexibility index (Phi) is 5.57. The molecule has 6 nitrogen and oxygen atoms in total. The number of furan rings is 1. The minimum atomic E-state index is -0.222. The Hall–Kier alpha value is -3.93. The Labute approximate surface area is 174 Å². The molecule has 3 heterocycles. The molecule has 1 N–H and O–H groups in total. The number of hydrogen-bond acceptors (Lipinski definition) is 4. The molecule has 0 saturated heterocycles. The second-order valence-electron chi connectivity index (χ2n) is 6.97. The summed E-state index contributed by atoms with van der Waals surface area (Å²) in [5.74, 6) is 1.33. The predicted octanol–water partition coefficient (Wildman–Crippen LogP) is 4.73. The van der Waals surface area contributed by atoms with Crippen molar-refractivity contribution >= 4 is 12.0 Å². The van der Waals surface area contributed by atoms with Crippen molar-refractivity contribution in [3.63, 3.8) is 0 Å². The molecule has 1 aromatic carbocycles. The average Bonchev–Trinajstić information content (AvgIpc) is 3.40. The summed E-state index contributed by atoms with van der Waals surface area (Å²) < 4.78 is 7.38. The van der Waals surface area contributed by atoms with Crippen LogP contribution in [-0.2, 0) is 4.79 Å². The van der Waals surface area contributed by atoms with Gasteiger partial charge in [0.1, 0.15) is 17.2 Å². The summed E-state index contributed by atoms with van der Waals surface area (Å²) >= 11 is 0. The number of pyridine rings is 1. The van der Waals surface area contributed by atoms with Crippen LogP contribution in [0.2, 0.25) is 0 Å². The van der Waals surface area contributed by atoms with E-state index in [1.165, 1.54) is 6.08 Å². The van der Waals surface area contributed by atoms with Crippen LogP contribution in [0.3, 0.4) is 0 Å². The Balaban J connectivity index is 1.59. The quantitative estimate of drug-likeness (QED) is 0.477. The molecule has 0 radical (unpaired) electrons. The largest absolute Gasteiger partial charge is 0.464 e. The van der Waals surface area contributed by atoms with Crippen molar-refractivity contribution < 1.29 is 9.21 Å². The molecule has 0 saturated carbocycles. The van der Waals surface area contributed by atoms with Crippen LogP contribution in [0.4, 0.5) is 0 Å². The fourth-order valence-electron chi connectivity index (χ4n) is 3.13. The highest BCUT2D eigenvalue weighted by Crippen LogP contribution is 2.24. The maximum Gasteiger partial charge on any atom is 0.244 e. The van der Waals surface area contributed by atoms with Crippen LogP contribution in [0, 0.1) is 6.92 Å². The number of aromatic nitrogens is 3. The van der Waals surface area contributed by atoms with Gasteiger partial charge in [-0.15, -0.1) is 0 Å². The molecule has 4 rings (SSSR count). The van der Waals surface area contributed by atoms with E-state index < -0.39 is 0 Å². The molecule has 1 unspecified atom stereocenters. The van der Waals surface area contributed by atoms with Gasteiger partial charge in [-0.3, -0.25) is 9.78 Å². The van der Waals surface area contributed by atoms with Crippen molar-refractivity contribution in [3.8, 4) is 16.9 Å². The van der Waals surface area contributed by atoms with Gasteiger partial charge in [-0.25, -0.2) is 4.68 Å². The zero-order valence-electron chi connectivity index (χ0n) is 16.8. The first-order valence-corrected chi connectivity index (χ1v) is 9.70. The van der Waals surface area contributed by atoms with E-state index in [-0.39, 0.29) is 11.9 Å². The van der Waals surface area contributed by atoms with Gasteiger partial charge in [0.25, 0.3) is 0 Å². The molecule has 3 aromatic heterocycles. The molecule has 0 aliphatic heterocycles. The third-order valence-corrected chi connectivity index (χ3v) is 4.66. The van der Waals surface area contributed by atoms with Gasteiger partial charge < -0.3 is 9.73 Å². The third kappa shape index (κ3) is 4.38. The van der Waals surface area contributed by atoms with E-state index in [0.717, 1.165) is 34.0 Å². The number of aryl methyl sites for hydroxylation is 1. The maximum absolute atomic E-state index is 12.5. The number of nitrogens with zero attached hydrogens (tertiary/aromatic N) is 3. The van der Waals surface area contributed by atoms with Crippen LogP contribution in [0.15, 0.2) is 83.7 Å². The number of rotatable bonds is 6. The van der Waals surface area contributed by atoms with Crippen molar-refractivity contribution in [1.82, 2.24) is 20.1 Å². The first kappa shape index (κ1) is 19.4. The SMILES string of the molecule is Cc1ccc(C(C)NC(=O)/C=C/c2cn(-c3ccccc3)nc2-c2cccnc2)o1. The highest BCUT2D eigenvalue weighted by atomic mass is 16.3. The van der Waals surface area contributed by atoms with E-state index in [1.54, 1.807) is 23.2 Å². The van der Waals surface area contributed by atoms with Crippen molar-refractivity contribution in [2.75, 3.05) is 0 Å². The predicted molar refractivity (Wildman–Crippen MR) is 116 cm³/mol. The number of para-hydroxylation sites is 1. The molecular formula is C24H22N4O2. The molecule has 4 aromatic rings. The van der Waals surface area contributed by atoms with Crippen molar-refractivity contribution in [2.24, 2.45) is 0 Å². The minimum absolute atomic E-state index is 0.207. The lowest BCUT2D eigenvalue weighted by Crippen LogP contribution is -2.24. The molecule has 0 aliphatic rings. The van der Waals surface area contributed by atoms with E-state index in [2.05, 4.69) is 10.3 Å². The fraction of sp³-hybridized carbons (Fsp3) is 0.125. The van der Waals surface area contributed by atoms with Crippen LogP contribution < -0.4 is 5.32 Å². The Morgan fingerprint density at radius 2 is 1.97 bits per heavy atom. The van der Waals surface area contributed by atoms with E-state index in [1.807, 2.05) is 74.6 Å². The van der Waals surface area contributed by atoms with Gasteiger partial charge in [0.15, 0.2) is 0 Å². The molecule has 1 atom stereocenters. The maximum atomic E-state index is 12.5. The summed E-state index contributed by atoms with van der Waals surface area (Å²) in [5.41, 5.74) is 3.40. The second kappa shape index (κ2) is 8.61. The van der Waals surface area contributed by atoms with Crippen LogP contribution >= 0.6 is 0 Å². The van der Waals surface area contributed by atoms with Crippen LogP contribution in [0.5, 0.6) is 0 Å². The zero-order chi connectivity index (χ0) is 20.9. The average molecular weight is 398 g/mol. The fourth-order valence-corrected chi connectivity index (χ4v) is 3.13. The Morgan fingerprint density at radius 1 is 1.13 bits per heavy atom. The number of carbonyl (C=O) groups is 1. The minimum Gasteiger partial charge on any atom is -0.464 e. The normalized spacial score (nSPS) is 12.2. The molecular weight excluding hydrogens is 376 g/mol. The molecule has 6 heteroatoms. The summed E-state index contributed by atoms with van der Waals surface area (Å²) in [6, 6.07) is 17.2. The number of amides is 1. The van der Waals surface area contributed by atoms with E-state index >= 15 is 0 Å². The number of hydrogen-bond donors (Lipinski definition) is 1. The third-order valence-electron chi connectivity index (χ3n) is 4.66. The lowest BCUT2D eigenvalue weighted by molar-refractivity contribution is -0.117. The smallest absolute Gasteiger partial charge is 0.244 e. The number of carbonyl (C=O) groups excluding carboxylic acids is 1. The molecule has 0 fully saturated rings. The molecule has 150 valence electrons. The van der Waals surface area contributed by atoms with Gasteiger partial charge in [-0.05, 0) is 56.3 Å². The highest BCUT2D eigenvalue weighted by Gasteiger charge is 2.13. The van der Waals surface area contributed by atoms with Gasteiger partial charge in [0.05, 0.1) is 11.7 Å². The van der Waals surface area contributed by atoms with E-state index in [9.17, 15) is 4.79 Å². The van der Waals surface area contributed by atoms with Crippen LogP contribution in [0.25, 0.3) is 23.0 Å². The summed E-state index contributed by atoms with van der Waals surface area (Å²) in [6.07, 6.45) is 8.66. The lowest BCUT2D eigenvalue weighted by atomic mass is 10.1. The topological polar surface area (TPSA) is 73.0 Å². The number of benzene rings is 1. The van der Waals surface area contributed by atoms with Crippen LogP contribution in [-0.4, -0.2) is 20.7 Å². The zero-order valence-corrected chi connectivity index (χ0v) is 16.8.